The molecule has 1 aliphatic heterocycles. The maximum absolute atomic E-state index is 14.0. The lowest BCUT2D eigenvalue weighted by Gasteiger charge is -2.36. The summed E-state index contributed by atoms with van der Waals surface area (Å²) in [4.78, 5) is 31.6. The lowest BCUT2D eigenvalue weighted by atomic mass is 10.1. The highest BCUT2D eigenvalue weighted by molar-refractivity contribution is 5.80. The van der Waals surface area contributed by atoms with Crippen molar-refractivity contribution in [3.05, 3.63) is 75.8 Å². The molecule has 1 N–H and O–H groups in total. The van der Waals surface area contributed by atoms with Gasteiger partial charge in [0.25, 0.3) is 5.56 Å². The molecule has 1 amide bonds. The molecule has 2 aromatic carbocycles. The van der Waals surface area contributed by atoms with E-state index in [-0.39, 0.29) is 17.3 Å². The summed E-state index contributed by atoms with van der Waals surface area (Å²) in [5, 5.41) is 0.977. The third-order valence-corrected chi connectivity index (χ3v) is 5.51. The van der Waals surface area contributed by atoms with Crippen LogP contribution in [0.1, 0.15) is 17.5 Å². The molecular formula is C23H24FN3O2. The van der Waals surface area contributed by atoms with Gasteiger partial charge in [-0.25, -0.2) is 4.39 Å². The molecular weight excluding hydrogens is 369 g/mol. The van der Waals surface area contributed by atoms with Crippen molar-refractivity contribution in [2.75, 3.05) is 31.1 Å². The van der Waals surface area contributed by atoms with Gasteiger partial charge < -0.3 is 14.8 Å². The number of nitrogens with zero attached hydrogens (tertiary/aromatic N) is 2. The van der Waals surface area contributed by atoms with Crippen molar-refractivity contribution in [2.24, 2.45) is 0 Å². The Balaban J connectivity index is 1.37. The summed E-state index contributed by atoms with van der Waals surface area (Å²) in [6.07, 6.45) is 0.700. The number of benzene rings is 2. The van der Waals surface area contributed by atoms with Crippen molar-refractivity contribution >= 4 is 22.5 Å². The zero-order valence-corrected chi connectivity index (χ0v) is 16.5. The van der Waals surface area contributed by atoms with E-state index in [4.69, 9.17) is 0 Å². The second-order valence-corrected chi connectivity index (χ2v) is 7.53. The molecule has 150 valence electrons. The third-order valence-electron chi connectivity index (χ3n) is 5.51. The Morgan fingerprint density at radius 1 is 1.07 bits per heavy atom. The molecule has 1 aromatic heterocycles. The van der Waals surface area contributed by atoms with Crippen LogP contribution in [-0.4, -0.2) is 42.0 Å². The molecule has 0 aliphatic carbocycles. The van der Waals surface area contributed by atoms with Gasteiger partial charge in [-0.2, -0.15) is 0 Å². The number of fused-ring (bicyclic) bond motifs is 1. The molecule has 6 heteroatoms. The average Bonchev–Trinajstić information content (AvgIpc) is 2.73. The Morgan fingerprint density at radius 3 is 2.59 bits per heavy atom. The normalized spacial score (nSPS) is 14.4. The van der Waals surface area contributed by atoms with Crippen LogP contribution in [-0.2, 0) is 11.2 Å². The van der Waals surface area contributed by atoms with Crippen LogP contribution in [0.25, 0.3) is 10.9 Å². The van der Waals surface area contributed by atoms with Crippen LogP contribution < -0.4 is 10.5 Å². The number of para-hydroxylation sites is 1. The third kappa shape index (κ3) is 4.16. The molecule has 0 bridgehead atoms. The zero-order chi connectivity index (χ0) is 20.4. The number of aromatic nitrogens is 1. The number of anilines is 1. The predicted molar refractivity (Wildman–Crippen MR) is 113 cm³/mol. The highest BCUT2D eigenvalue weighted by atomic mass is 19.1. The fraction of sp³-hybridized carbons (Fsp3) is 0.304. The summed E-state index contributed by atoms with van der Waals surface area (Å²) in [5.74, 6) is -0.208. The summed E-state index contributed by atoms with van der Waals surface area (Å²) >= 11 is 0. The number of carbonyl (C=O) groups excluding carboxylic acids is 1. The number of hydrogen-bond acceptors (Lipinski definition) is 3. The number of amides is 1. The summed E-state index contributed by atoms with van der Waals surface area (Å²) < 4.78 is 14.0. The van der Waals surface area contributed by atoms with Crippen molar-refractivity contribution in [1.29, 1.82) is 0 Å². The van der Waals surface area contributed by atoms with Gasteiger partial charge in [0.2, 0.25) is 5.91 Å². The van der Waals surface area contributed by atoms with Crippen LogP contribution in [0, 0.1) is 12.7 Å². The largest absolute Gasteiger partial charge is 0.366 e. The SMILES string of the molecule is Cc1ccc2[nH]c(=O)c(CCC(=O)N3CCN(c4ccccc4F)CC3)cc2c1. The highest BCUT2D eigenvalue weighted by Crippen LogP contribution is 2.20. The monoisotopic (exact) mass is 393 g/mol. The van der Waals surface area contributed by atoms with Crippen LogP contribution >= 0.6 is 0 Å². The molecule has 4 rings (SSSR count). The van der Waals surface area contributed by atoms with Crippen molar-refractivity contribution in [3.63, 3.8) is 0 Å². The van der Waals surface area contributed by atoms with Gasteiger partial charge in [-0.3, -0.25) is 9.59 Å². The van der Waals surface area contributed by atoms with Gasteiger partial charge in [0.05, 0.1) is 5.69 Å². The Hall–Kier alpha value is -3.15. The van der Waals surface area contributed by atoms with E-state index < -0.39 is 0 Å². The summed E-state index contributed by atoms with van der Waals surface area (Å²) in [5.41, 5.74) is 3.00. The van der Waals surface area contributed by atoms with Gasteiger partial charge in [0.15, 0.2) is 0 Å². The van der Waals surface area contributed by atoms with E-state index in [0.717, 1.165) is 16.5 Å². The van der Waals surface area contributed by atoms with Crippen LogP contribution in [0.15, 0.2) is 53.3 Å². The summed E-state index contributed by atoms with van der Waals surface area (Å²) in [6, 6.07) is 14.5. The first-order valence-electron chi connectivity index (χ1n) is 9.91. The fourth-order valence-electron chi connectivity index (χ4n) is 3.86. The van der Waals surface area contributed by atoms with Gasteiger partial charge in [-0.15, -0.1) is 0 Å². The molecule has 29 heavy (non-hydrogen) atoms. The number of nitrogens with one attached hydrogen (secondary N) is 1. The van der Waals surface area contributed by atoms with E-state index >= 15 is 0 Å². The minimum atomic E-state index is -0.238. The van der Waals surface area contributed by atoms with Crippen molar-refractivity contribution in [1.82, 2.24) is 9.88 Å². The second kappa shape index (κ2) is 8.07. The number of halogens is 1. The molecule has 3 aromatic rings. The smallest absolute Gasteiger partial charge is 0.251 e. The second-order valence-electron chi connectivity index (χ2n) is 7.53. The topological polar surface area (TPSA) is 56.4 Å². The molecule has 0 atom stereocenters. The maximum atomic E-state index is 14.0. The van der Waals surface area contributed by atoms with Crippen LogP contribution in [0.4, 0.5) is 10.1 Å². The quantitative estimate of drug-likeness (QED) is 0.740. The first-order chi connectivity index (χ1) is 14.0. The number of hydrogen-bond donors (Lipinski definition) is 1. The van der Waals surface area contributed by atoms with E-state index in [0.29, 0.717) is 50.3 Å². The molecule has 0 unspecified atom stereocenters. The minimum Gasteiger partial charge on any atom is -0.366 e. The van der Waals surface area contributed by atoms with Crippen LogP contribution in [0.3, 0.4) is 0 Å². The molecule has 1 fully saturated rings. The Labute approximate surface area is 168 Å². The summed E-state index contributed by atoms with van der Waals surface area (Å²) in [6.45, 7) is 4.32. The Kier molecular flexibility index (Phi) is 5.34. The van der Waals surface area contributed by atoms with Crippen LogP contribution in [0.5, 0.6) is 0 Å². The number of aromatic amines is 1. The van der Waals surface area contributed by atoms with Crippen LogP contribution in [0.2, 0.25) is 0 Å². The van der Waals surface area contributed by atoms with E-state index in [1.165, 1.54) is 6.07 Å². The minimum absolute atomic E-state index is 0.0296. The number of pyridine rings is 1. The van der Waals surface area contributed by atoms with Crippen molar-refractivity contribution in [3.8, 4) is 0 Å². The number of rotatable bonds is 4. The summed E-state index contributed by atoms with van der Waals surface area (Å²) in [7, 11) is 0. The zero-order valence-electron chi connectivity index (χ0n) is 16.5. The van der Waals surface area contributed by atoms with Crippen molar-refractivity contribution < 1.29 is 9.18 Å². The number of H-pyrrole nitrogens is 1. The average molecular weight is 393 g/mol. The lowest BCUT2D eigenvalue weighted by molar-refractivity contribution is -0.131. The van der Waals surface area contributed by atoms with E-state index in [9.17, 15) is 14.0 Å². The highest BCUT2D eigenvalue weighted by Gasteiger charge is 2.22. The molecule has 5 nitrogen and oxygen atoms in total. The predicted octanol–water partition coefficient (Wildman–Crippen LogP) is 3.26. The fourth-order valence-corrected chi connectivity index (χ4v) is 3.86. The molecule has 1 saturated heterocycles. The number of carbonyl (C=O) groups is 1. The standard InChI is InChI=1S/C23H24FN3O2/c1-16-6-8-20-18(14-16)15-17(23(29)25-20)7-9-22(28)27-12-10-26(11-13-27)21-5-3-2-4-19(21)24/h2-6,8,14-15H,7,9-13H2,1H3,(H,25,29). The van der Waals surface area contributed by atoms with Gasteiger partial charge in [-0.05, 0) is 49.1 Å². The Bertz CT molecular complexity index is 1100. The van der Waals surface area contributed by atoms with Gasteiger partial charge >= 0.3 is 0 Å². The lowest BCUT2D eigenvalue weighted by Crippen LogP contribution is -2.49. The van der Waals surface area contributed by atoms with Gasteiger partial charge in [0.1, 0.15) is 5.82 Å². The van der Waals surface area contributed by atoms with Gasteiger partial charge in [-0.1, -0.05) is 23.8 Å². The van der Waals surface area contributed by atoms with E-state index in [2.05, 4.69) is 4.98 Å². The molecule has 0 spiro atoms. The molecule has 0 saturated carbocycles. The Morgan fingerprint density at radius 2 is 1.83 bits per heavy atom. The molecule has 0 radical (unpaired) electrons. The molecule has 1 aliphatic rings. The van der Waals surface area contributed by atoms with Gasteiger partial charge in [0, 0.05) is 43.7 Å². The molecule has 2 heterocycles. The number of piperazine rings is 1. The first kappa shape index (κ1) is 19.2. The first-order valence-corrected chi connectivity index (χ1v) is 9.91. The number of aryl methyl sites for hydroxylation is 2. The van der Waals surface area contributed by atoms with Crippen molar-refractivity contribution in [2.45, 2.75) is 19.8 Å². The maximum Gasteiger partial charge on any atom is 0.251 e. The van der Waals surface area contributed by atoms with E-state index in [1.54, 1.807) is 17.0 Å². The van der Waals surface area contributed by atoms with E-state index in [1.807, 2.05) is 42.2 Å².